The molecule has 1 aromatic carbocycles. The Morgan fingerprint density at radius 2 is 2.00 bits per heavy atom. The predicted molar refractivity (Wildman–Crippen MR) is 98.0 cm³/mol. The second-order valence-electron chi connectivity index (χ2n) is 5.46. The van der Waals surface area contributed by atoms with Crippen LogP contribution in [0.1, 0.15) is 23.2 Å². The lowest BCUT2D eigenvalue weighted by atomic mass is 10.1. The Morgan fingerprint density at radius 3 is 2.64 bits per heavy atom. The molecule has 1 N–H and O–H groups in total. The summed E-state index contributed by atoms with van der Waals surface area (Å²) >= 11 is 12.1. The van der Waals surface area contributed by atoms with Gasteiger partial charge < -0.3 is 14.8 Å². The molecule has 2 aromatic rings. The highest BCUT2D eigenvalue weighted by Gasteiger charge is 2.17. The molecule has 3 rings (SSSR count). The minimum Gasteiger partial charge on any atom is -0.493 e. The van der Waals surface area contributed by atoms with Crippen LogP contribution in [0, 0.1) is 0 Å². The van der Waals surface area contributed by atoms with E-state index in [2.05, 4.69) is 16.4 Å². The molecule has 0 spiro atoms. The Hall–Kier alpha value is -2.24. The van der Waals surface area contributed by atoms with Crippen molar-refractivity contribution in [3.05, 3.63) is 58.4 Å². The monoisotopic (exact) mass is 378 g/mol. The van der Waals surface area contributed by atoms with Crippen LogP contribution in [0.5, 0.6) is 11.5 Å². The van der Waals surface area contributed by atoms with Gasteiger partial charge in [0, 0.05) is 18.0 Å². The number of amides is 1. The summed E-state index contributed by atoms with van der Waals surface area (Å²) in [6.45, 7) is 0. The highest BCUT2D eigenvalue weighted by molar-refractivity contribution is 6.39. The number of nitrogens with zero attached hydrogens (tertiary/aromatic N) is 1. The number of hydrogen-bond donors (Lipinski definition) is 1. The molecule has 0 saturated carbocycles. The lowest BCUT2D eigenvalue weighted by molar-refractivity contribution is 0.102. The molecule has 0 bridgehead atoms. The van der Waals surface area contributed by atoms with E-state index in [1.807, 2.05) is 6.08 Å². The van der Waals surface area contributed by atoms with E-state index in [9.17, 15) is 4.79 Å². The average Bonchev–Trinajstić information content (AvgIpc) is 3.11. The largest absolute Gasteiger partial charge is 0.493 e. The number of allylic oxidation sites excluding steroid dienone is 1. The van der Waals surface area contributed by atoms with E-state index >= 15 is 0 Å². The number of hydrogen-bond acceptors (Lipinski definition) is 4. The van der Waals surface area contributed by atoms with Crippen molar-refractivity contribution in [3.8, 4) is 11.5 Å². The fraction of sp³-hybridized carbons (Fsp3) is 0.222. The molecule has 1 atom stereocenters. The van der Waals surface area contributed by atoms with Crippen LogP contribution in [0.2, 0.25) is 10.0 Å². The molecule has 1 amide bonds. The molecule has 0 radical (unpaired) electrons. The van der Waals surface area contributed by atoms with Crippen LogP contribution < -0.4 is 14.8 Å². The van der Waals surface area contributed by atoms with Gasteiger partial charge >= 0.3 is 0 Å². The van der Waals surface area contributed by atoms with Crippen molar-refractivity contribution < 1.29 is 14.3 Å². The summed E-state index contributed by atoms with van der Waals surface area (Å²) in [7, 11) is 1.56. The third kappa shape index (κ3) is 4.06. The maximum Gasteiger partial charge on any atom is 0.255 e. The summed E-state index contributed by atoms with van der Waals surface area (Å²) in [6.07, 6.45) is 8.77. The topological polar surface area (TPSA) is 60.5 Å². The van der Waals surface area contributed by atoms with E-state index in [0.717, 1.165) is 12.8 Å². The van der Waals surface area contributed by atoms with Gasteiger partial charge in [0.05, 0.1) is 22.8 Å². The molecule has 1 aliphatic rings. The number of anilines is 1. The number of halogens is 2. The maximum atomic E-state index is 12.5. The van der Waals surface area contributed by atoms with E-state index < -0.39 is 0 Å². The maximum absolute atomic E-state index is 12.5. The van der Waals surface area contributed by atoms with Gasteiger partial charge in [0.25, 0.3) is 5.91 Å². The predicted octanol–water partition coefficient (Wildman–Crippen LogP) is 4.75. The molecule has 130 valence electrons. The molecule has 0 fully saturated rings. The van der Waals surface area contributed by atoms with Gasteiger partial charge in [0.1, 0.15) is 6.10 Å². The molecular formula is C18H16Cl2N2O3. The summed E-state index contributed by atoms with van der Waals surface area (Å²) in [5, 5.41) is 3.23. The molecule has 1 unspecified atom stereocenters. The SMILES string of the molecule is COc1ccc(C(=O)Nc2c(Cl)cncc2Cl)cc1OC1C=CCC1. The Balaban J connectivity index is 1.83. The van der Waals surface area contributed by atoms with Gasteiger partial charge in [-0.25, -0.2) is 0 Å². The van der Waals surface area contributed by atoms with Crippen molar-refractivity contribution >= 4 is 34.8 Å². The van der Waals surface area contributed by atoms with Crippen LogP contribution in [0.4, 0.5) is 5.69 Å². The highest BCUT2D eigenvalue weighted by atomic mass is 35.5. The molecule has 0 aliphatic heterocycles. The van der Waals surface area contributed by atoms with Crippen molar-refractivity contribution in [2.45, 2.75) is 18.9 Å². The average molecular weight is 379 g/mol. The smallest absolute Gasteiger partial charge is 0.255 e. The van der Waals surface area contributed by atoms with Crippen LogP contribution >= 0.6 is 23.2 Å². The van der Waals surface area contributed by atoms with Gasteiger partial charge in [-0.05, 0) is 37.1 Å². The molecular weight excluding hydrogens is 363 g/mol. The van der Waals surface area contributed by atoms with Gasteiger partial charge in [-0.2, -0.15) is 0 Å². The number of methoxy groups -OCH3 is 1. The number of carbonyl (C=O) groups excluding carboxylic acids is 1. The zero-order valence-electron chi connectivity index (χ0n) is 13.5. The van der Waals surface area contributed by atoms with Crippen molar-refractivity contribution in [2.24, 2.45) is 0 Å². The number of aromatic nitrogens is 1. The first-order valence-electron chi connectivity index (χ1n) is 7.70. The van der Waals surface area contributed by atoms with Gasteiger partial charge in [-0.1, -0.05) is 29.3 Å². The first-order chi connectivity index (χ1) is 12.1. The third-order valence-corrected chi connectivity index (χ3v) is 4.34. The summed E-state index contributed by atoms with van der Waals surface area (Å²) in [6, 6.07) is 4.98. The second-order valence-corrected chi connectivity index (χ2v) is 6.27. The minimum atomic E-state index is -0.357. The molecule has 1 aromatic heterocycles. The Kier molecular flexibility index (Phi) is 5.46. The Morgan fingerprint density at radius 1 is 1.24 bits per heavy atom. The minimum absolute atomic E-state index is 0.0173. The van der Waals surface area contributed by atoms with Crippen LogP contribution in [-0.2, 0) is 0 Å². The number of rotatable bonds is 5. The molecule has 1 heterocycles. The molecule has 7 heteroatoms. The lowest BCUT2D eigenvalue weighted by Gasteiger charge is -2.16. The van der Waals surface area contributed by atoms with Crippen LogP contribution in [0.15, 0.2) is 42.7 Å². The Labute approximate surface area is 155 Å². The standard InChI is InChI=1S/C18H16Cl2N2O3/c1-24-15-7-6-11(8-16(15)25-12-4-2-3-5-12)18(23)22-17-13(19)9-21-10-14(17)20/h2,4,6-10,12H,3,5H2,1H3,(H,21,22,23). The number of carbonyl (C=O) groups is 1. The summed E-state index contributed by atoms with van der Waals surface area (Å²) in [4.78, 5) is 16.4. The molecule has 1 aliphatic carbocycles. The van der Waals surface area contributed by atoms with Crippen molar-refractivity contribution in [3.63, 3.8) is 0 Å². The summed E-state index contributed by atoms with van der Waals surface area (Å²) in [5.74, 6) is 0.722. The van der Waals surface area contributed by atoms with Gasteiger partial charge in [0.15, 0.2) is 11.5 Å². The van der Waals surface area contributed by atoms with Crippen molar-refractivity contribution in [1.29, 1.82) is 0 Å². The van der Waals surface area contributed by atoms with E-state index in [1.165, 1.54) is 12.4 Å². The van der Waals surface area contributed by atoms with E-state index in [-0.39, 0.29) is 22.1 Å². The summed E-state index contributed by atoms with van der Waals surface area (Å²) in [5.41, 5.74) is 0.724. The van der Waals surface area contributed by atoms with E-state index in [0.29, 0.717) is 22.7 Å². The number of pyridine rings is 1. The van der Waals surface area contributed by atoms with Gasteiger partial charge in [-0.3, -0.25) is 9.78 Å². The first-order valence-corrected chi connectivity index (χ1v) is 8.46. The van der Waals surface area contributed by atoms with Crippen LogP contribution in [-0.4, -0.2) is 24.1 Å². The van der Waals surface area contributed by atoms with Gasteiger partial charge in [-0.15, -0.1) is 0 Å². The van der Waals surface area contributed by atoms with E-state index in [1.54, 1.807) is 25.3 Å². The molecule has 5 nitrogen and oxygen atoms in total. The number of ether oxygens (including phenoxy) is 2. The van der Waals surface area contributed by atoms with E-state index in [4.69, 9.17) is 32.7 Å². The van der Waals surface area contributed by atoms with Crippen LogP contribution in [0.3, 0.4) is 0 Å². The molecule has 0 saturated heterocycles. The Bertz CT molecular complexity index is 804. The number of benzene rings is 1. The van der Waals surface area contributed by atoms with Crippen molar-refractivity contribution in [1.82, 2.24) is 4.98 Å². The zero-order valence-corrected chi connectivity index (χ0v) is 15.0. The highest BCUT2D eigenvalue weighted by Crippen LogP contribution is 2.32. The van der Waals surface area contributed by atoms with Crippen molar-refractivity contribution in [2.75, 3.05) is 12.4 Å². The third-order valence-electron chi connectivity index (χ3n) is 3.76. The zero-order chi connectivity index (χ0) is 17.8. The van der Waals surface area contributed by atoms with Crippen LogP contribution in [0.25, 0.3) is 0 Å². The molecule has 25 heavy (non-hydrogen) atoms. The first kappa shape index (κ1) is 17.6. The fourth-order valence-corrected chi connectivity index (χ4v) is 2.95. The number of nitrogens with one attached hydrogen (secondary N) is 1. The van der Waals surface area contributed by atoms with Gasteiger partial charge in [0.2, 0.25) is 0 Å². The fourth-order valence-electron chi connectivity index (χ4n) is 2.49. The quantitative estimate of drug-likeness (QED) is 0.762. The lowest BCUT2D eigenvalue weighted by Crippen LogP contribution is -2.14. The summed E-state index contributed by atoms with van der Waals surface area (Å²) < 4.78 is 11.2. The second kappa shape index (κ2) is 7.76. The normalized spacial score (nSPS) is 15.9.